The Morgan fingerprint density at radius 1 is 0.889 bits per heavy atom. The van der Waals surface area contributed by atoms with E-state index in [4.69, 9.17) is 18.7 Å². The van der Waals surface area contributed by atoms with Crippen LogP contribution in [-0.2, 0) is 27.2 Å². The van der Waals surface area contributed by atoms with E-state index in [1.807, 2.05) is 57.2 Å². The van der Waals surface area contributed by atoms with Gasteiger partial charge in [-0.1, -0.05) is 44.2 Å². The number of hydrogen-bond donors (Lipinski definition) is 1. The van der Waals surface area contributed by atoms with Gasteiger partial charge in [0, 0.05) is 18.8 Å². The maximum atomic E-state index is 12.9. The van der Waals surface area contributed by atoms with E-state index >= 15 is 0 Å². The second kappa shape index (κ2) is 12.8. The molecule has 0 spiro atoms. The van der Waals surface area contributed by atoms with E-state index in [0.29, 0.717) is 25.7 Å². The number of aliphatic carboxylic acids is 1. The summed E-state index contributed by atoms with van der Waals surface area (Å²) in [5, 5.41) is 8.73. The Labute approximate surface area is 210 Å². The zero-order valence-electron chi connectivity index (χ0n) is 20.8. The van der Waals surface area contributed by atoms with Crippen molar-refractivity contribution in [1.29, 1.82) is 0 Å². The van der Waals surface area contributed by atoms with Gasteiger partial charge in [-0.15, -0.1) is 0 Å². The van der Waals surface area contributed by atoms with Crippen LogP contribution in [0, 0.1) is 11.8 Å². The molecule has 0 bridgehead atoms. The van der Waals surface area contributed by atoms with Crippen molar-refractivity contribution in [1.82, 2.24) is 4.90 Å². The van der Waals surface area contributed by atoms with E-state index in [9.17, 15) is 14.4 Å². The number of ether oxygens (including phenoxy) is 1. The molecule has 8 heteroatoms. The summed E-state index contributed by atoms with van der Waals surface area (Å²) < 4.78 is 15.9. The molecule has 3 aromatic rings. The van der Waals surface area contributed by atoms with Crippen molar-refractivity contribution in [2.45, 2.75) is 58.6 Å². The zero-order chi connectivity index (χ0) is 26.1. The van der Waals surface area contributed by atoms with Crippen molar-refractivity contribution in [2.75, 3.05) is 0 Å². The highest BCUT2D eigenvalue weighted by Crippen LogP contribution is 2.34. The number of benzene rings is 1. The van der Waals surface area contributed by atoms with Gasteiger partial charge in [0.05, 0.1) is 24.5 Å². The molecule has 0 aliphatic carbocycles. The molecule has 1 fully saturated rings. The molecule has 1 aliphatic heterocycles. The Morgan fingerprint density at radius 3 is 1.92 bits per heavy atom. The molecule has 0 unspecified atom stereocenters. The van der Waals surface area contributed by atoms with Crippen molar-refractivity contribution < 1.29 is 33.1 Å². The quantitative estimate of drug-likeness (QED) is 0.394. The first-order chi connectivity index (χ1) is 17.3. The van der Waals surface area contributed by atoms with Gasteiger partial charge in [-0.25, -0.2) is 9.69 Å². The molecule has 8 nitrogen and oxygen atoms in total. The van der Waals surface area contributed by atoms with Crippen molar-refractivity contribution in [2.24, 2.45) is 11.8 Å². The molecule has 0 radical (unpaired) electrons. The van der Waals surface area contributed by atoms with Crippen LogP contribution in [-0.4, -0.2) is 34.0 Å². The van der Waals surface area contributed by atoms with Crippen molar-refractivity contribution in [3.63, 3.8) is 0 Å². The number of hydrogen-bond acceptors (Lipinski definition) is 6. The van der Waals surface area contributed by atoms with Gasteiger partial charge < -0.3 is 18.7 Å². The molecular weight excluding hydrogens is 462 g/mol. The first-order valence-electron chi connectivity index (χ1n) is 12.2. The highest BCUT2D eigenvalue weighted by atomic mass is 16.6. The van der Waals surface area contributed by atoms with Gasteiger partial charge in [0.25, 0.3) is 0 Å². The van der Waals surface area contributed by atoms with E-state index in [1.165, 1.54) is 4.90 Å². The first kappa shape index (κ1) is 26.8. The molecule has 2 aromatic heterocycles. The van der Waals surface area contributed by atoms with E-state index in [2.05, 4.69) is 0 Å². The number of furan rings is 2. The molecule has 1 aliphatic rings. The number of imide groups is 1. The lowest BCUT2D eigenvalue weighted by Gasteiger charge is -2.23. The highest BCUT2D eigenvalue weighted by Gasteiger charge is 2.45. The smallest absolute Gasteiger partial charge is 0.417 e. The van der Waals surface area contributed by atoms with Crippen molar-refractivity contribution in [3.05, 3.63) is 84.2 Å². The number of amides is 2. The van der Waals surface area contributed by atoms with Gasteiger partial charge in [-0.3, -0.25) is 9.59 Å². The molecular formula is C28H33NO7. The van der Waals surface area contributed by atoms with Gasteiger partial charge >= 0.3 is 12.1 Å². The number of carbonyl (C=O) groups is 3. The van der Waals surface area contributed by atoms with Crippen LogP contribution >= 0.6 is 0 Å². The third-order valence-corrected chi connectivity index (χ3v) is 6.37. The summed E-state index contributed by atoms with van der Waals surface area (Å²) in [6, 6.07) is 16.4. The van der Waals surface area contributed by atoms with Gasteiger partial charge in [0.2, 0.25) is 5.91 Å². The number of cyclic esters (lactones) is 1. The molecule has 1 N–H and O–H groups in total. The lowest BCUT2D eigenvalue weighted by Crippen LogP contribution is -2.42. The Kier molecular flexibility index (Phi) is 9.50. The van der Waals surface area contributed by atoms with Crippen molar-refractivity contribution >= 4 is 18.0 Å². The Balaban J connectivity index is 0.000000253. The van der Waals surface area contributed by atoms with Crippen LogP contribution < -0.4 is 0 Å². The van der Waals surface area contributed by atoms with Crippen LogP contribution in [0.15, 0.2) is 76.0 Å². The number of carboxylic acids is 1. The molecule has 3 heterocycles. The maximum Gasteiger partial charge on any atom is 0.417 e. The average Bonchev–Trinajstić information content (AvgIpc) is 3.64. The molecule has 0 saturated carbocycles. The van der Waals surface area contributed by atoms with Crippen LogP contribution in [0.25, 0.3) is 0 Å². The maximum absolute atomic E-state index is 12.9. The van der Waals surface area contributed by atoms with E-state index in [1.54, 1.807) is 30.7 Å². The lowest BCUT2D eigenvalue weighted by molar-refractivity contribution is -0.142. The van der Waals surface area contributed by atoms with Gasteiger partial charge in [-0.05, 0) is 49.6 Å². The van der Waals surface area contributed by atoms with Gasteiger partial charge in [-0.2, -0.15) is 0 Å². The summed E-state index contributed by atoms with van der Waals surface area (Å²) in [6.07, 6.45) is 4.38. The minimum absolute atomic E-state index is 0.204. The normalized spacial score (nSPS) is 18.6. The zero-order valence-corrected chi connectivity index (χ0v) is 20.8. The monoisotopic (exact) mass is 495 g/mol. The number of nitrogens with zero attached hydrogens (tertiary/aromatic N) is 1. The number of rotatable bonds is 9. The van der Waals surface area contributed by atoms with Crippen LogP contribution in [0.4, 0.5) is 4.79 Å². The summed E-state index contributed by atoms with van der Waals surface area (Å²) in [5.74, 6) is -0.102. The third kappa shape index (κ3) is 6.65. The number of carboxylic acid groups (broad SMARTS) is 1. The summed E-state index contributed by atoms with van der Waals surface area (Å²) in [7, 11) is 0. The molecule has 1 aromatic carbocycles. The molecule has 4 atom stereocenters. The second-order valence-electron chi connectivity index (χ2n) is 8.78. The average molecular weight is 496 g/mol. The Bertz CT molecular complexity index is 1090. The van der Waals surface area contributed by atoms with Crippen LogP contribution in [0.2, 0.25) is 0 Å². The topological polar surface area (TPSA) is 110 Å². The minimum Gasteiger partial charge on any atom is -0.481 e. The SMILES string of the molecule is CC[C@H](Cc1ccco1)C(=O)N1C(=O)O[C@@H](c2ccccc2)[C@H]1C.CC[C@H](Cc1ccco1)C(=O)O. The van der Waals surface area contributed by atoms with Gasteiger partial charge in [0.1, 0.15) is 17.6 Å². The largest absolute Gasteiger partial charge is 0.481 e. The fraction of sp³-hybridized carbons (Fsp3) is 0.393. The van der Waals surface area contributed by atoms with E-state index in [0.717, 1.165) is 17.1 Å². The first-order valence-corrected chi connectivity index (χ1v) is 12.2. The van der Waals surface area contributed by atoms with Gasteiger partial charge in [0.15, 0.2) is 0 Å². The summed E-state index contributed by atoms with van der Waals surface area (Å²) in [6.45, 7) is 5.65. The molecule has 36 heavy (non-hydrogen) atoms. The summed E-state index contributed by atoms with van der Waals surface area (Å²) >= 11 is 0. The van der Waals surface area contributed by atoms with E-state index < -0.39 is 18.2 Å². The summed E-state index contributed by atoms with van der Waals surface area (Å²) in [4.78, 5) is 37.0. The van der Waals surface area contributed by atoms with Crippen LogP contribution in [0.3, 0.4) is 0 Å². The standard InChI is InChI=1S/C19H21NO4.C9H12O3/c1-3-14(12-16-10-7-11-23-16)18(21)20-13(2)17(24-19(20)22)15-8-5-4-6-9-15;1-2-7(9(10)11)6-8-4-3-5-12-8/h4-11,13-14,17H,3,12H2,1-2H3;3-5,7H,2,6H2,1H3,(H,10,11)/t13-,14-,17-;7-/m11/s1. The van der Waals surface area contributed by atoms with Crippen LogP contribution in [0.5, 0.6) is 0 Å². The van der Waals surface area contributed by atoms with Crippen LogP contribution in [0.1, 0.15) is 56.8 Å². The fourth-order valence-corrected chi connectivity index (χ4v) is 4.20. The molecule has 4 rings (SSSR count). The van der Waals surface area contributed by atoms with E-state index in [-0.39, 0.29) is 23.8 Å². The Morgan fingerprint density at radius 2 is 1.44 bits per heavy atom. The fourth-order valence-electron chi connectivity index (χ4n) is 4.20. The highest BCUT2D eigenvalue weighted by molar-refractivity contribution is 5.95. The summed E-state index contributed by atoms with van der Waals surface area (Å²) in [5.41, 5.74) is 0.896. The molecule has 192 valence electrons. The molecule has 1 saturated heterocycles. The third-order valence-electron chi connectivity index (χ3n) is 6.37. The lowest BCUT2D eigenvalue weighted by atomic mass is 9.97. The predicted molar refractivity (Wildman–Crippen MR) is 132 cm³/mol. The second-order valence-corrected chi connectivity index (χ2v) is 8.78. The number of carbonyl (C=O) groups excluding carboxylic acids is 2. The predicted octanol–water partition coefficient (Wildman–Crippen LogP) is 5.89. The molecule has 2 amide bonds. The van der Waals surface area contributed by atoms with Crippen molar-refractivity contribution in [3.8, 4) is 0 Å². The minimum atomic E-state index is -0.756. The Hall–Kier alpha value is -3.81.